The second-order valence-corrected chi connectivity index (χ2v) is 4.28. The van der Waals surface area contributed by atoms with Crippen molar-refractivity contribution >= 4 is 0 Å². The van der Waals surface area contributed by atoms with Crippen molar-refractivity contribution in [2.24, 2.45) is 0 Å². The lowest BCUT2D eigenvalue weighted by Gasteiger charge is -2.06. The zero-order chi connectivity index (χ0) is 12.3. The summed E-state index contributed by atoms with van der Waals surface area (Å²) >= 11 is 0. The van der Waals surface area contributed by atoms with Crippen LogP contribution in [0.3, 0.4) is 0 Å². The fourth-order valence-corrected chi connectivity index (χ4v) is 1.76. The molecule has 0 aromatic heterocycles. The predicted molar refractivity (Wildman–Crippen MR) is 72.8 cm³/mol. The lowest BCUT2D eigenvalue weighted by molar-refractivity contribution is 0.286. The Balaban J connectivity index is 2.40. The lowest BCUT2D eigenvalue weighted by Crippen LogP contribution is -2.00. The molecule has 0 aliphatic carbocycles. The van der Waals surface area contributed by atoms with Gasteiger partial charge in [-0.1, -0.05) is 62.4 Å². The van der Waals surface area contributed by atoms with Gasteiger partial charge in [0, 0.05) is 6.42 Å². The standard InChI is InChI=1S/C16H22O/c1-2-3-4-5-6-8-13-16(14-17)15-11-9-7-10-12-15/h7,9-12,16-17H,2-6,14H2,1H3. The van der Waals surface area contributed by atoms with Gasteiger partial charge in [0.2, 0.25) is 0 Å². The van der Waals surface area contributed by atoms with Gasteiger partial charge in [-0.2, -0.15) is 0 Å². The van der Waals surface area contributed by atoms with Crippen LogP contribution < -0.4 is 0 Å². The van der Waals surface area contributed by atoms with Crippen LogP contribution in [0.4, 0.5) is 0 Å². The topological polar surface area (TPSA) is 20.2 Å². The molecule has 1 heteroatoms. The maximum Gasteiger partial charge on any atom is 0.0683 e. The van der Waals surface area contributed by atoms with E-state index < -0.39 is 0 Å². The van der Waals surface area contributed by atoms with Gasteiger partial charge in [-0.15, -0.1) is 5.92 Å². The zero-order valence-corrected chi connectivity index (χ0v) is 10.7. The van der Waals surface area contributed by atoms with Gasteiger partial charge in [0.15, 0.2) is 0 Å². The quantitative estimate of drug-likeness (QED) is 0.583. The Morgan fingerprint density at radius 2 is 1.88 bits per heavy atom. The summed E-state index contributed by atoms with van der Waals surface area (Å²) < 4.78 is 0. The van der Waals surface area contributed by atoms with Crippen molar-refractivity contribution in [3.8, 4) is 11.8 Å². The third kappa shape index (κ3) is 5.56. The molecule has 0 aliphatic rings. The highest BCUT2D eigenvalue weighted by atomic mass is 16.3. The van der Waals surface area contributed by atoms with Crippen molar-refractivity contribution in [2.45, 2.75) is 44.9 Å². The molecular formula is C16H22O. The van der Waals surface area contributed by atoms with E-state index >= 15 is 0 Å². The first-order valence-corrected chi connectivity index (χ1v) is 6.52. The minimum Gasteiger partial charge on any atom is -0.395 e. The molecule has 92 valence electrons. The number of aliphatic hydroxyl groups excluding tert-OH is 1. The van der Waals surface area contributed by atoms with Crippen LogP contribution in [0.15, 0.2) is 30.3 Å². The van der Waals surface area contributed by atoms with Crippen molar-refractivity contribution in [3.05, 3.63) is 35.9 Å². The first-order chi connectivity index (χ1) is 8.38. The Labute approximate surface area is 105 Å². The first kappa shape index (κ1) is 13.8. The zero-order valence-electron chi connectivity index (χ0n) is 10.7. The van der Waals surface area contributed by atoms with E-state index in [4.69, 9.17) is 0 Å². The van der Waals surface area contributed by atoms with Crippen LogP contribution >= 0.6 is 0 Å². The normalized spacial score (nSPS) is 11.6. The van der Waals surface area contributed by atoms with Crippen molar-refractivity contribution in [2.75, 3.05) is 6.61 Å². The molecule has 0 heterocycles. The van der Waals surface area contributed by atoms with E-state index in [9.17, 15) is 5.11 Å². The van der Waals surface area contributed by atoms with E-state index in [0.717, 1.165) is 12.0 Å². The number of hydrogen-bond donors (Lipinski definition) is 1. The average molecular weight is 230 g/mol. The van der Waals surface area contributed by atoms with Crippen LogP contribution in [-0.2, 0) is 0 Å². The summed E-state index contributed by atoms with van der Waals surface area (Å²) in [5, 5.41) is 9.32. The van der Waals surface area contributed by atoms with E-state index in [1.807, 2.05) is 30.3 Å². The number of aliphatic hydroxyl groups is 1. The molecule has 0 amide bonds. The van der Waals surface area contributed by atoms with Crippen molar-refractivity contribution in [1.29, 1.82) is 0 Å². The molecule has 1 N–H and O–H groups in total. The highest BCUT2D eigenvalue weighted by Crippen LogP contribution is 2.13. The molecule has 1 nitrogen and oxygen atoms in total. The molecule has 0 aliphatic heterocycles. The highest BCUT2D eigenvalue weighted by Gasteiger charge is 2.04. The summed E-state index contributed by atoms with van der Waals surface area (Å²) in [6, 6.07) is 10.00. The molecule has 0 radical (unpaired) electrons. The largest absolute Gasteiger partial charge is 0.395 e. The minimum absolute atomic E-state index is 0.0256. The Morgan fingerprint density at radius 3 is 2.53 bits per heavy atom. The Kier molecular flexibility index (Phi) is 7.18. The first-order valence-electron chi connectivity index (χ1n) is 6.52. The summed E-state index contributed by atoms with van der Waals surface area (Å²) in [4.78, 5) is 0. The van der Waals surface area contributed by atoms with E-state index in [1.165, 1.54) is 25.7 Å². The predicted octanol–water partition coefficient (Wildman–Crippen LogP) is 3.74. The molecule has 1 atom stereocenters. The highest BCUT2D eigenvalue weighted by molar-refractivity contribution is 5.27. The molecule has 0 saturated carbocycles. The molecule has 1 aromatic rings. The third-order valence-corrected chi connectivity index (χ3v) is 2.82. The molecule has 0 saturated heterocycles. The van der Waals surface area contributed by atoms with Crippen molar-refractivity contribution in [3.63, 3.8) is 0 Å². The fourth-order valence-electron chi connectivity index (χ4n) is 1.76. The van der Waals surface area contributed by atoms with Crippen LogP contribution in [0.5, 0.6) is 0 Å². The summed E-state index contributed by atoms with van der Waals surface area (Å²) in [6.45, 7) is 2.31. The van der Waals surface area contributed by atoms with Crippen LogP contribution in [0, 0.1) is 11.8 Å². The molecular weight excluding hydrogens is 208 g/mol. The minimum atomic E-state index is -0.0256. The van der Waals surface area contributed by atoms with Crippen LogP contribution in [0.2, 0.25) is 0 Å². The van der Waals surface area contributed by atoms with Gasteiger partial charge in [0.05, 0.1) is 12.5 Å². The molecule has 0 fully saturated rings. The summed E-state index contributed by atoms with van der Waals surface area (Å²) in [7, 11) is 0. The van der Waals surface area contributed by atoms with E-state index in [2.05, 4.69) is 18.8 Å². The Morgan fingerprint density at radius 1 is 1.12 bits per heavy atom. The van der Waals surface area contributed by atoms with Gasteiger partial charge >= 0.3 is 0 Å². The summed E-state index contributed by atoms with van der Waals surface area (Å²) in [5.74, 6) is 6.32. The van der Waals surface area contributed by atoms with Crippen molar-refractivity contribution < 1.29 is 5.11 Å². The summed E-state index contributed by atoms with van der Waals surface area (Å²) in [6.07, 6.45) is 5.94. The van der Waals surface area contributed by atoms with E-state index in [1.54, 1.807) is 0 Å². The molecule has 17 heavy (non-hydrogen) atoms. The Bertz CT molecular complexity index is 345. The van der Waals surface area contributed by atoms with Gasteiger partial charge in [-0.05, 0) is 12.0 Å². The molecule has 1 unspecified atom stereocenters. The van der Waals surface area contributed by atoms with Gasteiger partial charge < -0.3 is 5.11 Å². The van der Waals surface area contributed by atoms with E-state index in [0.29, 0.717) is 0 Å². The Hall–Kier alpha value is -1.26. The smallest absolute Gasteiger partial charge is 0.0683 e. The van der Waals surface area contributed by atoms with Crippen LogP contribution in [0.25, 0.3) is 0 Å². The molecule has 1 aromatic carbocycles. The number of benzene rings is 1. The second-order valence-electron chi connectivity index (χ2n) is 4.28. The lowest BCUT2D eigenvalue weighted by atomic mass is 10.0. The molecule has 1 rings (SSSR count). The summed E-state index contributed by atoms with van der Waals surface area (Å²) in [5.41, 5.74) is 1.11. The van der Waals surface area contributed by atoms with Gasteiger partial charge in [-0.3, -0.25) is 0 Å². The fraction of sp³-hybridized carbons (Fsp3) is 0.500. The number of rotatable bonds is 6. The maximum absolute atomic E-state index is 9.32. The SMILES string of the molecule is CCCCCCC#CC(CO)c1ccccc1. The molecule has 0 spiro atoms. The maximum atomic E-state index is 9.32. The number of unbranched alkanes of at least 4 members (excludes halogenated alkanes) is 4. The second kappa shape index (κ2) is 8.84. The monoisotopic (exact) mass is 230 g/mol. The van der Waals surface area contributed by atoms with Gasteiger partial charge in [-0.25, -0.2) is 0 Å². The third-order valence-electron chi connectivity index (χ3n) is 2.82. The van der Waals surface area contributed by atoms with Crippen LogP contribution in [0.1, 0.15) is 50.5 Å². The molecule has 0 bridgehead atoms. The van der Waals surface area contributed by atoms with Crippen molar-refractivity contribution in [1.82, 2.24) is 0 Å². The van der Waals surface area contributed by atoms with Gasteiger partial charge in [0.25, 0.3) is 0 Å². The average Bonchev–Trinajstić information content (AvgIpc) is 2.39. The van der Waals surface area contributed by atoms with Crippen LogP contribution in [-0.4, -0.2) is 11.7 Å². The van der Waals surface area contributed by atoms with Gasteiger partial charge in [0.1, 0.15) is 0 Å². The van der Waals surface area contributed by atoms with E-state index in [-0.39, 0.29) is 12.5 Å². The number of hydrogen-bond acceptors (Lipinski definition) is 1.